The van der Waals surface area contributed by atoms with Gasteiger partial charge in [0.15, 0.2) is 5.65 Å². The molecule has 0 aliphatic carbocycles. The van der Waals surface area contributed by atoms with E-state index >= 15 is 0 Å². The lowest BCUT2D eigenvalue weighted by Gasteiger charge is -1.94. The van der Waals surface area contributed by atoms with Crippen LogP contribution in [0.5, 0.6) is 0 Å². The van der Waals surface area contributed by atoms with Crippen LogP contribution in [0.4, 0.5) is 0 Å². The number of aromatic amines is 1. The third-order valence-electron chi connectivity index (χ3n) is 1.21. The number of H-pyrrole nitrogens is 1. The molecule has 4 heteroatoms. The van der Waals surface area contributed by atoms with Gasteiger partial charge < -0.3 is 0 Å². The second-order valence-electron chi connectivity index (χ2n) is 1.94. The van der Waals surface area contributed by atoms with Gasteiger partial charge in [-0.3, -0.25) is 9.89 Å². The first-order valence-corrected chi connectivity index (χ1v) is 2.82. The first kappa shape index (κ1) is 2.48. The van der Waals surface area contributed by atoms with E-state index in [2.05, 4.69) is 10.1 Å². The van der Waals surface area contributed by atoms with Crippen LogP contribution in [-0.4, -0.2) is 14.6 Å². The van der Waals surface area contributed by atoms with Crippen LogP contribution >= 0.6 is 0 Å². The molecule has 2 rings (SSSR count). The molecule has 0 saturated heterocycles. The van der Waals surface area contributed by atoms with Crippen molar-refractivity contribution in [3.8, 4) is 0 Å². The molecule has 0 fully saturated rings. The normalized spacial score (nSPS) is 19.6. The van der Waals surface area contributed by atoms with Crippen LogP contribution in [0.25, 0.3) is 5.65 Å². The third kappa shape index (κ3) is 0.832. The molecular formula is C7H7N3O. The molecule has 0 aliphatic rings. The summed E-state index contributed by atoms with van der Waals surface area (Å²) in [7, 11) is 0. The van der Waals surface area contributed by atoms with E-state index in [0.717, 1.165) is 4.52 Å². The van der Waals surface area contributed by atoms with Crippen molar-refractivity contribution in [2.45, 2.75) is 6.85 Å². The van der Waals surface area contributed by atoms with Crippen molar-refractivity contribution in [2.75, 3.05) is 0 Å². The summed E-state index contributed by atoms with van der Waals surface area (Å²) in [6, 6.07) is -0.720. The van der Waals surface area contributed by atoms with Gasteiger partial charge in [0.25, 0.3) is 5.56 Å². The smallest absolute Gasteiger partial charge is 0.263 e. The summed E-state index contributed by atoms with van der Waals surface area (Å²) < 4.78 is 44.7. The fourth-order valence-corrected chi connectivity index (χ4v) is 0.778. The highest BCUT2D eigenvalue weighted by Gasteiger charge is 1.97. The zero-order valence-electron chi connectivity index (χ0n) is 11.3. The lowest BCUT2D eigenvalue weighted by Crippen LogP contribution is -2.10. The van der Waals surface area contributed by atoms with Crippen LogP contribution in [0.2, 0.25) is 0 Å². The number of nitrogens with one attached hydrogen (secondary N) is 1. The first-order chi connectivity index (χ1) is 7.73. The van der Waals surface area contributed by atoms with Gasteiger partial charge in [-0.25, -0.2) is 9.50 Å². The lowest BCUT2D eigenvalue weighted by molar-refractivity contribution is 0.896. The third-order valence-corrected chi connectivity index (χ3v) is 1.21. The lowest BCUT2D eigenvalue weighted by atomic mass is 10.3. The van der Waals surface area contributed by atoms with Crippen molar-refractivity contribution in [1.29, 1.82) is 0 Å². The molecule has 1 N–H and O–H groups in total. The van der Waals surface area contributed by atoms with Gasteiger partial charge in [-0.05, 0) is 12.4 Å². The van der Waals surface area contributed by atoms with Crippen LogP contribution in [-0.2, 0) is 0 Å². The van der Waals surface area contributed by atoms with E-state index in [4.69, 9.17) is 8.22 Å². The Bertz CT molecular complexity index is 654. The maximum absolute atomic E-state index is 11.4. The summed E-state index contributed by atoms with van der Waals surface area (Å²) in [5, 5.41) is 2.11. The average Bonchev–Trinajstić information content (AvgIpc) is 2.44. The van der Waals surface area contributed by atoms with Gasteiger partial charge in [0, 0.05) is 22.5 Å². The topological polar surface area (TPSA) is 50.2 Å². The molecule has 56 valence electrons. The van der Waals surface area contributed by atoms with E-state index in [1.807, 2.05) is 0 Å². The van der Waals surface area contributed by atoms with Gasteiger partial charge in [-0.1, -0.05) is 0 Å². The van der Waals surface area contributed by atoms with Crippen LogP contribution in [0.3, 0.4) is 0 Å². The van der Waals surface area contributed by atoms with Gasteiger partial charge in [0.1, 0.15) is 0 Å². The molecule has 11 heavy (non-hydrogen) atoms. The maximum Gasteiger partial charge on any atom is 0.263 e. The van der Waals surface area contributed by atoms with Gasteiger partial charge in [-0.15, -0.1) is 0 Å². The highest BCUT2D eigenvalue weighted by molar-refractivity contribution is 5.44. The Morgan fingerprint density at radius 2 is 2.82 bits per heavy atom. The summed E-state index contributed by atoms with van der Waals surface area (Å²) in [4.78, 5) is 14.9. The summed E-state index contributed by atoms with van der Waals surface area (Å²) in [5.74, 6) is 0. The molecule has 0 atom stereocenters. The number of hydrogen-bond donors (Lipinski definition) is 1. The average molecular weight is 155 g/mol. The van der Waals surface area contributed by atoms with E-state index in [1.165, 1.54) is 0 Å². The number of aryl methyl sites for hydroxylation is 1. The van der Waals surface area contributed by atoms with Gasteiger partial charge in [0.2, 0.25) is 0 Å². The van der Waals surface area contributed by atoms with Crippen LogP contribution < -0.4 is 5.56 Å². The maximum atomic E-state index is 11.4. The zero-order valence-corrected chi connectivity index (χ0v) is 5.30. The van der Waals surface area contributed by atoms with E-state index in [9.17, 15) is 4.79 Å². The monoisotopic (exact) mass is 155 g/mol. The van der Waals surface area contributed by atoms with E-state index in [1.54, 1.807) is 0 Å². The molecule has 0 spiro atoms. The number of aromatic nitrogens is 3. The van der Waals surface area contributed by atoms with Crippen LogP contribution in [0.15, 0.2) is 23.2 Å². The molecule has 0 aromatic carbocycles. The SMILES string of the molecule is [2H]c1nc2c(C([2H])([2H])[2H])c([2H])c(=O)[nH]n2c1[2H]. The Balaban J connectivity index is 3.04. The Labute approximate surface area is 70.9 Å². The summed E-state index contributed by atoms with van der Waals surface area (Å²) >= 11 is 0. The Hall–Kier alpha value is -1.58. The molecule has 2 heterocycles. The molecule has 4 nitrogen and oxygen atoms in total. The zero-order chi connectivity index (χ0) is 13.0. The molecule has 0 amide bonds. The summed E-state index contributed by atoms with van der Waals surface area (Å²) in [5.41, 5.74) is -1.74. The molecule has 2 aromatic heterocycles. The van der Waals surface area contributed by atoms with E-state index < -0.39 is 36.4 Å². The quantitative estimate of drug-likeness (QED) is 0.596. The second-order valence-corrected chi connectivity index (χ2v) is 1.94. The molecule has 0 saturated carbocycles. The highest BCUT2D eigenvalue weighted by atomic mass is 16.1. The summed E-state index contributed by atoms with van der Waals surface area (Å²) in [6.07, 6.45) is -0.889. The van der Waals surface area contributed by atoms with Crippen molar-refractivity contribution >= 4 is 5.65 Å². The van der Waals surface area contributed by atoms with Crippen LogP contribution in [0.1, 0.15) is 13.8 Å². The van der Waals surface area contributed by atoms with E-state index in [0.29, 0.717) is 0 Å². The largest absolute Gasteiger partial charge is 0.268 e. The van der Waals surface area contributed by atoms with Crippen LogP contribution in [0, 0.1) is 6.85 Å². The first-order valence-electron chi connectivity index (χ1n) is 5.82. The number of nitrogens with zero attached hydrogens (tertiary/aromatic N) is 2. The fraction of sp³-hybridized carbons (Fsp3) is 0.143. The predicted octanol–water partition coefficient (Wildman–Crippen LogP) is 0.331. The molecule has 2 aromatic rings. The molecular weight excluding hydrogens is 142 g/mol. The molecule has 0 bridgehead atoms. The van der Waals surface area contributed by atoms with Crippen molar-refractivity contribution in [3.05, 3.63) is 34.3 Å². The predicted molar refractivity (Wildman–Crippen MR) is 40.5 cm³/mol. The van der Waals surface area contributed by atoms with E-state index in [-0.39, 0.29) is 5.65 Å². The van der Waals surface area contributed by atoms with Crippen molar-refractivity contribution in [2.24, 2.45) is 0 Å². The highest BCUT2D eigenvalue weighted by Crippen LogP contribution is 2.00. The number of hydrogen-bond acceptors (Lipinski definition) is 2. The number of imidazole rings is 1. The number of rotatable bonds is 0. The minimum absolute atomic E-state index is 0.260. The summed E-state index contributed by atoms with van der Waals surface area (Å²) in [6.45, 7) is -2.70. The van der Waals surface area contributed by atoms with Crippen molar-refractivity contribution in [1.82, 2.24) is 14.6 Å². The number of fused-ring (bicyclic) bond motifs is 1. The minimum atomic E-state index is -2.70. The van der Waals surface area contributed by atoms with Gasteiger partial charge in [-0.2, -0.15) is 0 Å². The van der Waals surface area contributed by atoms with Crippen molar-refractivity contribution < 1.29 is 8.22 Å². The molecule has 0 unspecified atom stereocenters. The van der Waals surface area contributed by atoms with Gasteiger partial charge >= 0.3 is 0 Å². The van der Waals surface area contributed by atoms with Gasteiger partial charge in [0.05, 0.1) is 4.11 Å². The second kappa shape index (κ2) is 1.95. The molecule has 0 aliphatic heterocycles. The Morgan fingerprint density at radius 1 is 1.91 bits per heavy atom. The fourth-order valence-electron chi connectivity index (χ4n) is 0.778. The van der Waals surface area contributed by atoms with Crippen molar-refractivity contribution in [3.63, 3.8) is 0 Å². The molecule has 0 radical (unpaired) electrons. The standard InChI is InChI=1S/C7H7N3O/c1-5-4-6(11)9-10-3-2-8-7(5)10/h2-4H,1H3,(H,9,11)/i1D3,2D,3D,4D. The Kier molecular flexibility index (Phi) is 0.439. The minimum Gasteiger partial charge on any atom is -0.268 e. The Morgan fingerprint density at radius 3 is 3.64 bits per heavy atom.